The quantitative estimate of drug-likeness (QED) is 0.570. The van der Waals surface area contributed by atoms with Crippen LogP contribution in [0.25, 0.3) is 0 Å². The van der Waals surface area contributed by atoms with Crippen LogP contribution in [0.5, 0.6) is 5.75 Å². The SMILES string of the molecule is Cc1oncc1C(=O)N1CCC2(CC1)Cc1cn(nn1)CCCOc1ccc(cc1)CCNC2=O. The molecule has 1 saturated heterocycles. The van der Waals surface area contributed by atoms with Crippen molar-refractivity contribution in [2.45, 2.75) is 45.6 Å². The molecule has 0 saturated carbocycles. The first-order valence-corrected chi connectivity index (χ1v) is 12.1. The number of carbonyl (C=O) groups excluding carboxylic acids is 2. The lowest BCUT2D eigenvalue weighted by atomic mass is 9.73. The lowest BCUT2D eigenvalue weighted by Crippen LogP contribution is -2.51. The summed E-state index contributed by atoms with van der Waals surface area (Å²) < 4.78 is 12.7. The maximum absolute atomic E-state index is 13.6. The fourth-order valence-corrected chi connectivity index (χ4v) is 4.85. The number of rotatable bonds is 1. The van der Waals surface area contributed by atoms with Crippen LogP contribution in [0.15, 0.2) is 41.2 Å². The Hall–Kier alpha value is -3.69. The van der Waals surface area contributed by atoms with Gasteiger partial charge in [-0.25, -0.2) is 0 Å². The van der Waals surface area contributed by atoms with E-state index in [9.17, 15) is 9.59 Å². The highest BCUT2D eigenvalue weighted by molar-refractivity contribution is 5.95. The number of aryl methyl sites for hydroxylation is 2. The molecule has 10 heteroatoms. The fourth-order valence-electron chi connectivity index (χ4n) is 4.85. The van der Waals surface area contributed by atoms with Gasteiger partial charge in [-0.3, -0.25) is 14.3 Å². The van der Waals surface area contributed by atoms with Crippen LogP contribution in [0.4, 0.5) is 0 Å². The minimum absolute atomic E-state index is 0.00424. The van der Waals surface area contributed by atoms with Gasteiger partial charge in [0.05, 0.1) is 23.9 Å². The summed E-state index contributed by atoms with van der Waals surface area (Å²) in [6.45, 7) is 4.49. The van der Waals surface area contributed by atoms with Crippen molar-refractivity contribution < 1.29 is 18.8 Å². The van der Waals surface area contributed by atoms with Crippen LogP contribution in [0.3, 0.4) is 0 Å². The summed E-state index contributed by atoms with van der Waals surface area (Å²) in [5, 5.41) is 15.5. The second-order valence-corrected chi connectivity index (χ2v) is 9.37. The first kappa shape index (κ1) is 23.1. The molecule has 1 N–H and O–H groups in total. The zero-order valence-corrected chi connectivity index (χ0v) is 19.9. The molecule has 0 atom stereocenters. The zero-order valence-electron chi connectivity index (χ0n) is 19.9. The second-order valence-electron chi connectivity index (χ2n) is 9.37. The van der Waals surface area contributed by atoms with E-state index in [1.807, 2.05) is 30.5 Å². The normalized spacial score (nSPS) is 18.7. The van der Waals surface area contributed by atoms with Crippen LogP contribution in [0, 0.1) is 12.3 Å². The van der Waals surface area contributed by atoms with E-state index in [0.717, 1.165) is 29.8 Å². The lowest BCUT2D eigenvalue weighted by molar-refractivity contribution is -0.133. The molecule has 3 aliphatic rings. The van der Waals surface area contributed by atoms with Gasteiger partial charge in [-0.1, -0.05) is 22.5 Å². The monoisotopic (exact) mass is 478 g/mol. The van der Waals surface area contributed by atoms with Gasteiger partial charge < -0.3 is 19.5 Å². The highest BCUT2D eigenvalue weighted by Gasteiger charge is 2.43. The lowest BCUT2D eigenvalue weighted by Gasteiger charge is -2.40. The largest absolute Gasteiger partial charge is 0.494 e. The van der Waals surface area contributed by atoms with Gasteiger partial charge in [0, 0.05) is 45.2 Å². The minimum Gasteiger partial charge on any atom is -0.494 e. The Balaban J connectivity index is 1.34. The molecule has 0 radical (unpaired) electrons. The molecule has 1 fully saturated rings. The number of nitrogens with zero attached hydrogens (tertiary/aromatic N) is 5. The Morgan fingerprint density at radius 3 is 2.69 bits per heavy atom. The summed E-state index contributed by atoms with van der Waals surface area (Å²) in [6, 6.07) is 8.01. The predicted molar refractivity (Wildman–Crippen MR) is 126 cm³/mol. The molecule has 10 nitrogen and oxygen atoms in total. The van der Waals surface area contributed by atoms with Crippen molar-refractivity contribution in [3.8, 4) is 5.75 Å². The van der Waals surface area contributed by atoms with Crippen molar-refractivity contribution in [2.75, 3.05) is 26.2 Å². The van der Waals surface area contributed by atoms with Gasteiger partial charge in [-0.05, 0) is 43.9 Å². The molecule has 5 heterocycles. The zero-order chi connectivity index (χ0) is 24.3. The standard InChI is InChI=1S/C25H30N6O4/c1-18-22(16-27-35-18)23(32)30-12-8-25(9-13-30)15-20-17-31(29-28-20)11-2-14-34-21-5-3-19(4-6-21)7-10-26-24(25)33/h3-6,16-17H,2,7-15H2,1H3,(H,26,33). The predicted octanol–water partition coefficient (Wildman–Crippen LogP) is 2.18. The maximum atomic E-state index is 13.6. The minimum atomic E-state index is -0.651. The number of piperidine rings is 1. The molecule has 3 aliphatic heterocycles. The van der Waals surface area contributed by atoms with Crippen molar-refractivity contribution in [1.29, 1.82) is 0 Å². The van der Waals surface area contributed by atoms with Crippen LogP contribution in [-0.2, 0) is 24.2 Å². The molecule has 1 aromatic carbocycles. The molecular formula is C25H30N6O4. The summed E-state index contributed by atoms with van der Waals surface area (Å²) >= 11 is 0. The van der Waals surface area contributed by atoms with E-state index < -0.39 is 5.41 Å². The topological polar surface area (TPSA) is 115 Å². The fraction of sp³-hybridized carbons (Fsp3) is 0.480. The van der Waals surface area contributed by atoms with E-state index in [0.29, 0.717) is 63.4 Å². The van der Waals surface area contributed by atoms with Crippen LogP contribution >= 0.6 is 0 Å². The van der Waals surface area contributed by atoms with Gasteiger partial charge in [-0.2, -0.15) is 0 Å². The summed E-state index contributed by atoms with van der Waals surface area (Å²) in [7, 11) is 0. The first-order chi connectivity index (χ1) is 17.0. The smallest absolute Gasteiger partial charge is 0.259 e. The maximum Gasteiger partial charge on any atom is 0.259 e. The Morgan fingerprint density at radius 2 is 1.94 bits per heavy atom. The molecule has 3 aromatic rings. The number of carbonyl (C=O) groups is 2. The number of amides is 2. The third-order valence-electron chi connectivity index (χ3n) is 7.00. The van der Waals surface area contributed by atoms with Crippen molar-refractivity contribution in [3.05, 3.63) is 59.2 Å². The van der Waals surface area contributed by atoms with Crippen LogP contribution in [-0.4, -0.2) is 63.1 Å². The first-order valence-electron chi connectivity index (χ1n) is 12.1. The van der Waals surface area contributed by atoms with E-state index in [-0.39, 0.29) is 11.8 Å². The van der Waals surface area contributed by atoms with E-state index in [2.05, 4.69) is 20.8 Å². The number of hydrogen-bond acceptors (Lipinski definition) is 7. The number of nitrogens with one attached hydrogen (secondary N) is 1. The van der Waals surface area contributed by atoms with Gasteiger partial charge in [0.15, 0.2) is 0 Å². The van der Waals surface area contributed by atoms with Crippen LogP contribution in [0.1, 0.15) is 46.6 Å². The molecule has 1 spiro atoms. The summed E-state index contributed by atoms with van der Waals surface area (Å²) in [5.41, 5.74) is 1.74. The van der Waals surface area contributed by atoms with Crippen molar-refractivity contribution >= 4 is 11.8 Å². The highest BCUT2D eigenvalue weighted by Crippen LogP contribution is 2.36. The van der Waals surface area contributed by atoms with Crippen LogP contribution < -0.4 is 10.1 Å². The van der Waals surface area contributed by atoms with Crippen molar-refractivity contribution in [2.24, 2.45) is 5.41 Å². The van der Waals surface area contributed by atoms with E-state index in [4.69, 9.17) is 9.26 Å². The van der Waals surface area contributed by atoms with E-state index >= 15 is 0 Å². The van der Waals surface area contributed by atoms with Gasteiger partial charge in [0.1, 0.15) is 17.1 Å². The van der Waals surface area contributed by atoms with Gasteiger partial charge in [0.2, 0.25) is 5.91 Å². The Bertz CT molecular complexity index is 1180. The third kappa shape index (κ3) is 5.06. The summed E-state index contributed by atoms with van der Waals surface area (Å²) in [5.74, 6) is 1.23. The average molecular weight is 479 g/mol. The van der Waals surface area contributed by atoms with E-state index in [1.54, 1.807) is 16.5 Å². The Morgan fingerprint density at radius 1 is 1.14 bits per heavy atom. The third-order valence-corrected chi connectivity index (χ3v) is 7.00. The molecule has 0 aliphatic carbocycles. The molecule has 4 bridgehead atoms. The number of fused-ring (bicyclic) bond motifs is 8. The highest BCUT2D eigenvalue weighted by atomic mass is 16.5. The molecule has 35 heavy (non-hydrogen) atoms. The van der Waals surface area contributed by atoms with E-state index in [1.165, 1.54) is 6.20 Å². The summed E-state index contributed by atoms with van der Waals surface area (Å²) in [6.07, 6.45) is 6.48. The number of benzene rings is 1. The molecule has 0 unspecified atom stereocenters. The molecule has 2 aromatic heterocycles. The molecule has 2 amide bonds. The summed E-state index contributed by atoms with van der Waals surface area (Å²) in [4.78, 5) is 28.3. The molecule has 6 rings (SSSR count). The Labute approximate surface area is 203 Å². The Kier molecular flexibility index (Phi) is 6.52. The number of ether oxygens (including phenoxy) is 1. The van der Waals surface area contributed by atoms with Gasteiger partial charge in [-0.15, -0.1) is 5.10 Å². The van der Waals surface area contributed by atoms with Gasteiger partial charge >= 0.3 is 0 Å². The number of aromatic nitrogens is 4. The van der Waals surface area contributed by atoms with Crippen molar-refractivity contribution in [1.82, 2.24) is 30.4 Å². The molecule has 184 valence electrons. The van der Waals surface area contributed by atoms with Crippen LogP contribution in [0.2, 0.25) is 0 Å². The van der Waals surface area contributed by atoms with Gasteiger partial charge in [0.25, 0.3) is 5.91 Å². The number of hydrogen-bond donors (Lipinski definition) is 1. The number of likely N-dealkylation sites (tertiary alicyclic amines) is 1. The van der Waals surface area contributed by atoms with Crippen molar-refractivity contribution in [3.63, 3.8) is 0 Å². The second kappa shape index (κ2) is 9.89. The molecular weight excluding hydrogens is 448 g/mol. The average Bonchev–Trinajstić information content (AvgIpc) is 3.50.